The fourth-order valence-electron chi connectivity index (χ4n) is 2.11. The van der Waals surface area contributed by atoms with Gasteiger partial charge in [-0.25, -0.2) is 4.98 Å². The van der Waals surface area contributed by atoms with Gasteiger partial charge in [-0.2, -0.15) is 0 Å². The Bertz CT molecular complexity index is 596. The van der Waals surface area contributed by atoms with Gasteiger partial charge < -0.3 is 24.1 Å². The van der Waals surface area contributed by atoms with Gasteiger partial charge in [0.1, 0.15) is 11.6 Å². The topological polar surface area (TPSA) is 57.5 Å². The molecule has 2 aromatic rings. The first-order chi connectivity index (χ1) is 10.2. The van der Waals surface area contributed by atoms with Gasteiger partial charge in [-0.15, -0.1) is 0 Å². The molecule has 1 N–H and O–H groups in total. The van der Waals surface area contributed by atoms with Crippen LogP contribution >= 0.6 is 0 Å². The number of hydrogen-bond donors (Lipinski definition) is 1. The molecule has 0 fully saturated rings. The number of aromatic nitrogens is 2. The number of nitrogens with zero attached hydrogens (tertiary/aromatic N) is 2. The largest absolute Gasteiger partial charge is 0.496 e. The first kappa shape index (κ1) is 15.2. The van der Waals surface area contributed by atoms with Crippen molar-refractivity contribution in [3.63, 3.8) is 0 Å². The fraction of sp³-hybridized carbons (Fsp3) is 0.400. The summed E-state index contributed by atoms with van der Waals surface area (Å²) < 4.78 is 18.0. The molecule has 0 radical (unpaired) electrons. The molecule has 1 aromatic carbocycles. The van der Waals surface area contributed by atoms with E-state index in [0.717, 1.165) is 17.1 Å². The lowest BCUT2D eigenvalue weighted by Crippen LogP contribution is -2.16. The number of imidazole rings is 1. The third kappa shape index (κ3) is 3.46. The van der Waals surface area contributed by atoms with Crippen LogP contribution in [0.5, 0.6) is 17.2 Å². The summed E-state index contributed by atoms with van der Waals surface area (Å²) in [5.41, 5.74) is 1.00. The van der Waals surface area contributed by atoms with Gasteiger partial charge in [0.15, 0.2) is 11.5 Å². The van der Waals surface area contributed by atoms with E-state index in [2.05, 4.69) is 10.3 Å². The highest BCUT2D eigenvalue weighted by atomic mass is 16.5. The Labute approximate surface area is 124 Å². The number of benzene rings is 1. The summed E-state index contributed by atoms with van der Waals surface area (Å²) in [4.78, 5) is 4.28. The van der Waals surface area contributed by atoms with E-state index in [-0.39, 0.29) is 0 Å². The van der Waals surface area contributed by atoms with Crippen LogP contribution in [0.25, 0.3) is 0 Å². The zero-order valence-electron chi connectivity index (χ0n) is 12.8. The van der Waals surface area contributed by atoms with Gasteiger partial charge in [0.2, 0.25) is 0 Å². The predicted molar refractivity (Wildman–Crippen MR) is 79.8 cm³/mol. The van der Waals surface area contributed by atoms with Crippen molar-refractivity contribution in [1.82, 2.24) is 14.9 Å². The number of aryl methyl sites for hydroxylation is 1. The summed E-state index contributed by atoms with van der Waals surface area (Å²) in [6.45, 7) is 1.33. The van der Waals surface area contributed by atoms with Crippen LogP contribution < -0.4 is 19.5 Å². The van der Waals surface area contributed by atoms with E-state index in [1.807, 2.05) is 29.9 Å². The fourth-order valence-corrected chi connectivity index (χ4v) is 2.11. The van der Waals surface area contributed by atoms with Crippen LogP contribution in [0.4, 0.5) is 0 Å². The number of methoxy groups -OCH3 is 3. The second kappa shape index (κ2) is 6.99. The van der Waals surface area contributed by atoms with E-state index >= 15 is 0 Å². The second-order valence-electron chi connectivity index (χ2n) is 4.58. The van der Waals surface area contributed by atoms with Crippen molar-refractivity contribution in [3.05, 3.63) is 35.9 Å². The minimum atomic E-state index is 0.649. The molecular weight excluding hydrogens is 270 g/mol. The zero-order chi connectivity index (χ0) is 15.2. The third-order valence-corrected chi connectivity index (χ3v) is 3.31. The Kier molecular flexibility index (Phi) is 5.05. The molecular formula is C15H21N3O3. The number of ether oxygens (including phenoxy) is 3. The summed E-state index contributed by atoms with van der Waals surface area (Å²) in [5.74, 6) is 3.09. The van der Waals surface area contributed by atoms with Gasteiger partial charge in [-0.3, -0.25) is 0 Å². The van der Waals surface area contributed by atoms with Crippen LogP contribution in [0.1, 0.15) is 11.4 Å². The molecule has 0 saturated carbocycles. The van der Waals surface area contributed by atoms with Gasteiger partial charge in [-0.1, -0.05) is 0 Å². The lowest BCUT2D eigenvalue weighted by atomic mass is 10.1. The van der Waals surface area contributed by atoms with Crippen molar-refractivity contribution in [2.45, 2.75) is 13.1 Å². The second-order valence-corrected chi connectivity index (χ2v) is 4.58. The van der Waals surface area contributed by atoms with Gasteiger partial charge >= 0.3 is 0 Å². The van der Waals surface area contributed by atoms with Crippen LogP contribution in [0.2, 0.25) is 0 Å². The summed E-state index contributed by atoms with van der Waals surface area (Å²) >= 11 is 0. The molecule has 114 valence electrons. The van der Waals surface area contributed by atoms with Crippen LogP contribution in [-0.4, -0.2) is 30.9 Å². The number of nitrogens with one attached hydrogen (secondary N) is 1. The molecule has 0 spiro atoms. The first-order valence-corrected chi connectivity index (χ1v) is 6.65. The van der Waals surface area contributed by atoms with E-state index < -0.39 is 0 Å². The molecule has 0 aliphatic rings. The lowest BCUT2D eigenvalue weighted by molar-refractivity contribution is 0.347. The Morgan fingerprint density at radius 3 is 2.24 bits per heavy atom. The van der Waals surface area contributed by atoms with Gasteiger partial charge in [0, 0.05) is 37.6 Å². The number of rotatable bonds is 7. The Hall–Kier alpha value is -2.21. The molecule has 2 rings (SSSR count). The maximum absolute atomic E-state index is 5.40. The van der Waals surface area contributed by atoms with Gasteiger partial charge in [0.05, 0.1) is 27.9 Å². The van der Waals surface area contributed by atoms with Crippen LogP contribution in [-0.2, 0) is 20.1 Å². The first-order valence-electron chi connectivity index (χ1n) is 6.65. The van der Waals surface area contributed by atoms with Gasteiger partial charge in [0.25, 0.3) is 0 Å². The predicted octanol–water partition coefficient (Wildman–Crippen LogP) is 1.74. The highest BCUT2D eigenvalue weighted by Crippen LogP contribution is 2.34. The molecule has 0 bridgehead atoms. The maximum Gasteiger partial charge on any atom is 0.164 e. The normalized spacial score (nSPS) is 10.5. The average molecular weight is 291 g/mol. The van der Waals surface area contributed by atoms with Crippen molar-refractivity contribution in [2.75, 3.05) is 21.3 Å². The standard InChI is InChI=1S/C15H21N3O3/c1-18-6-5-17-15(18)10-16-9-11-7-13(20-3)14(21-4)8-12(11)19-2/h5-8,16H,9-10H2,1-4H3. The molecule has 0 unspecified atom stereocenters. The molecule has 6 heteroatoms. The highest BCUT2D eigenvalue weighted by molar-refractivity contribution is 5.50. The van der Waals surface area contributed by atoms with Crippen LogP contribution in [0.3, 0.4) is 0 Å². The Morgan fingerprint density at radius 2 is 1.67 bits per heavy atom. The smallest absolute Gasteiger partial charge is 0.164 e. The minimum absolute atomic E-state index is 0.649. The quantitative estimate of drug-likeness (QED) is 0.842. The molecule has 1 aromatic heterocycles. The van der Waals surface area contributed by atoms with E-state index in [9.17, 15) is 0 Å². The van der Waals surface area contributed by atoms with E-state index in [0.29, 0.717) is 24.6 Å². The van der Waals surface area contributed by atoms with Crippen molar-refractivity contribution in [2.24, 2.45) is 7.05 Å². The molecule has 0 saturated heterocycles. The molecule has 1 heterocycles. The van der Waals surface area contributed by atoms with Crippen molar-refractivity contribution in [3.8, 4) is 17.2 Å². The molecule has 0 atom stereocenters. The van der Waals surface area contributed by atoms with E-state index in [4.69, 9.17) is 14.2 Å². The van der Waals surface area contributed by atoms with Crippen LogP contribution in [0, 0.1) is 0 Å². The molecule has 0 aliphatic heterocycles. The summed E-state index contributed by atoms with van der Waals surface area (Å²) in [6, 6.07) is 3.75. The summed E-state index contributed by atoms with van der Waals surface area (Å²) in [7, 11) is 6.84. The number of hydrogen-bond acceptors (Lipinski definition) is 5. The monoisotopic (exact) mass is 291 g/mol. The summed E-state index contributed by atoms with van der Waals surface area (Å²) in [6.07, 6.45) is 3.71. The SMILES string of the molecule is COc1cc(OC)c(OC)cc1CNCc1nccn1C. The Morgan fingerprint density at radius 1 is 1.00 bits per heavy atom. The molecule has 21 heavy (non-hydrogen) atoms. The van der Waals surface area contributed by atoms with E-state index in [1.165, 1.54) is 0 Å². The van der Waals surface area contributed by atoms with Gasteiger partial charge in [-0.05, 0) is 6.07 Å². The van der Waals surface area contributed by atoms with E-state index in [1.54, 1.807) is 27.5 Å². The van der Waals surface area contributed by atoms with Crippen molar-refractivity contribution >= 4 is 0 Å². The molecule has 0 amide bonds. The molecule has 0 aliphatic carbocycles. The minimum Gasteiger partial charge on any atom is -0.496 e. The third-order valence-electron chi connectivity index (χ3n) is 3.31. The average Bonchev–Trinajstić information content (AvgIpc) is 2.92. The maximum atomic E-state index is 5.40. The van der Waals surface area contributed by atoms with Crippen molar-refractivity contribution in [1.29, 1.82) is 0 Å². The van der Waals surface area contributed by atoms with Crippen LogP contribution in [0.15, 0.2) is 24.5 Å². The highest BCUT2D eigenvalue weighted by Gasteiger charge is 2.11. The molecule has 6 nitrogen and oxygen atoms in total. The summed E-state index contributed by atoms with van der Waals surface area (Å²) in [5, 5.41) is 3.35. The lowest BCUT2D eigenvalue weighted by Gasteiger charge is -2.14. The Balaban J connectivity index is 2.09. The van der Waals surface area contributed by atoms with Crippen molar-refractivity contribution < 1.29 is 14.2 Å². The zero-order valence-corrected chi connectivity index (χ0v) is 12.8.